The lowest BCUT2D eigenvalue weighted by Gasteiger charge is -2.25. The second kappa shape index (κ2) is 4.80. The van der Waals surface area contributed by atoms with Gasteiger partial charge in [0.25, 0.3) is 10.0 Å². The molecule has 2 aliphatic rings. The van der Waals surface area contributed by atoms with Gasteiger partial charge < -0.3 is 9.84 Å². The summed E-state index contributed by atoms with van der Waals surface area (Å²) in [5.74, 6) is -1.12. The third-order valence-corrected chi connectivity index (χ3v) is 7.12. The van der Waals surface area contributed by atoms with Gasteiger partial charge in [-0.15, -0.1) is 11.3 Å². The summed E-state index contributed by atoms with van der Waals surface area (Å²) < 4.78 is 32.3. The van der Waals surface area contributed by atoms with Gasteiger partial charge in [0.15, 0.2) is 0 Å². The Morgan fingerprint density at radius 3 is 2.85 bits per heavy atom. The molecule has 3 rings (SSSR count). The largest absolute Gasteiger partial charge is 0.480 e. The lowest BCUT2D eigenvalue weighted by atomic mass is 10.1. The summed E-state index contributed by atoms with van der Waals surface area (Å²) in [5.41, 5.74) is 0. The third-order valence-electron chi connectivity index (χ3n) is 3.81. The standard InChI is InChI=1S/C12H15NO5S2/c1-7-5-8-10(18-7)6-9(12(14)15)13(8)20(16,17)11-3-2-4-19-11/h2-4,7-10H,5-6H2,1H3,(H,14,15)/t7-,8+,9+,10+/m1/s1. The molecule has 20 heavy (non-hydrogen) atoms. The number of hydrogen-bond acceptors (Lipinski definition) is 5. The van der Waals surface area contributed by atoms with Gasteiger partial charge in [-0.1, -0.05) is 6.07 Å². The average molecular weight is 317 g/mol. The van der Waals surface area contributed by atoms with Crippen LogP contribution in [0, 0.1) is 0 Å². The molecular formula is C12H15NO5S2. The van der Waals surface area contributed by atoms with Gasteiger partial charge in [0.05, 0.1) is 18.2 Å². The highest BCUT2D eigenvalue weighted by Gasteiger charge is 2.54. The quantitative estimate of drug-likeness (QED) is 0.904. The lowest BCUT2D eigenvalue weighted by Crippen LogP contribution is -2.45. The van der Waals surface area contributed by atoms with Crippen LogP contribution >= 0.6 is 11.3 Å². The summed E-state index contributed by atoms with van der Waals surface area (Å²) in [7, 11) is -3.78. The Morgan fingerprint density at radius 2 is 2.25 bits per heavy atom. The minimum absolute atomic E-state index is 0.0409. The van der Waals surface area contributed by atoms with Crippen molar-refractivity contribution >= 4 is 27.3 Å². The second-order valence-corrected chi connectivity index (χ2v) is 8.16. The average Bonchev–Trinajstić information content (AvgIpc) is 3.00. The van der Waals surface area contributed by atoms with Crippen molar-refractivity contribution in [2.45, 2.75) is 48.3 Å². The summed E-state index contributed by atoms with van der Waals surface area (Å²) >= 11 is 1.10. The number of nitrogens with zero attached hydrogens (tertiary/aromatic N) is 1. The first kappa shape index (κ1) is 14.0. The number of fused-ring (bicyclic) bond motifs is 1. The maximum absolute atomic E-state index is 12.7. The van der Waals surface area contributed by atoms with E-state index in [-0.39, 0.29) is 28.9 Å². The van der Waals surface area contributed by atoms with E-state index < -0.39 is 22.0 Å². The van der Waals surface area contributed by atoms with E-state index in [0.717, 1.165) is 15.6 Å². The zero-order chi connectivity index (χ0) is 14.5. The minimum Gasteiger partial charge on any atom is -0.480 e. The van der Waals surface area contributed by atoms with Crippen LogP contribution in [0.2, 0.25) is 0 Å². The summed E-state index contributed by atoms with van der Waals surface area (Å²) in [6, 6.07) is 1.74. The van der Waals surface area contributed by atoms with Crippen LogP contribution in [0.5, 0.6) is 0 Å². The molecule has 0 spiro atoms. The lowest BCUT2D eigenvalue weighted by molar-refractivity contribution is -0.141. The highest BCUT2D eigenvalue weighted by Crippen LogP contribution is 2.40. The molecule has 4 atom stereocenters. The van der Waals surface area contributed by atoms with Crippen LogP contribution in [0.4, 0.5) is 0 Å². The van der Waals surface area contributed by atoms with Crippen LogP contribution in [0.15, 0.2) is 21.7 Å². The number of thiophene rings is 1. The number of aliphatic carboxylic acids is 1. The molecule has 0 unspecified atom stereocenters. The molecule has 6 nitrogen and oxygen atoms in total. The normalized spacial score (nSPS) is 34.2. The van der Waals surface area contributed by atoms with Crippen molar-refractivity contribution in [2.24, 2.45) is 0 Å². The fraction of sp³-hybridized carbons (Fsp3) is 0.583. The van der Waals surface area contributed by atoms with Gasteiger partial charge in [-0.25, -0.2) is 8.42 Å². The maximum atomic E-state index is 12.7. The number of rotatable bonds is 3. The number of carbonyl (C=O) groups is 1. The van der Waals surface area contributed by atoms with E-state index in [9.17, 15) is 18.3 Å². The van der Waals surface area contributed by atoms with Crippen LogP contribution in [0.3, 0.4) is 0 Å². The van der Waals surface area contributed by atoms with Crippen molar-refractivity contribution < 1.29 is 23.1 Å². The van der Waals surface area contributed by atoms with Gasteiger partial charge in [0.2, 0.25) is 0 Å². The Morgan fingerprint density at radius 1 is 1.50 bits per heavy atom. The third kappa shape index (κ3) is 2.07. The fourth-order valence-corrected chi connectivity index (χ4v) is 5.95. The van der Waals surface area contributed by atoms with Crippen LogP contribution in [-0.4, -0.2) is 48.1 Å². The molecule has 0 saturated carbocycles. The van der Waals surface area contributed by atoms with E-state index in [1.54, 1.807) is 11.4 Å². The molecule has 2 fully saturated rings. The first-order valence-corrected chi connectivity index (χ1v) is 8.68. The molecule has 2 aliphatic heterocycles. The number of carboxylic acid groups (broad SMARTS) is 1. The Kier molecular flexibility index (Phi) is 3.36. The second-order valence-electron chi connectivity index (χ2n) is 5.14. The van der Waals surface area contributed by atoms with Crippen LogP contribution < -0.4 is 0 Å². The molecule has 2 saturated heterocycles. The summed E-state index contributed by atoms with van der Waals surface area (Å²) in [5, 5.41) is 11.0. The molecule has 110 valence electrons. The Bertz CT molecular complexity index is 612. The van der Waals surface area contributed by atoms with E-state index in [2.05, 4.69) is 0 Å². The highest BCUT2D eigenvalue weighted by molar-refractivity contribution is 7.91. The Balaban J connectivity index is 2.02. The molecule has 1 aromatic heterocycles. The zero-order valence-corrected chi connectivity index (χ0v) is 12.4. The molecule has 1 N–H and O–H groups in total. The number of ether oxygens (including phenoxy) is 1. The summed E-state index contributed by atoms with van der Waals surface area (Å²) in [6.07, 6.45) is 0.398. The SMILES string of the molecule is C[C@@H]1C[C@H]2[C@H](C[C@@H](C(=O)O)N2S(=O)(=O)c2cccs2)O1. The predicted molar refractivity (Wildman–Crippen MR) is 72.1 cm³/mol. The van der Waals surface area contributed by atoms with Crippen molar-refractivity contribution in [1.82, 2.24) is 4.31 Å². The van der Waals surface area contributed by atoms with Gasteiger partial charge in [-0.3, -0.25) is 4.79 Å². The molecule has 0 bridgehead atoms. The molecule has 0 amide bonds. The topological polar surface area (TPSA) is 83.9 Å². The van der Waals surface area contributed by atoms with Crippen LogP contribution in [0.25, 0.3) is 0 Å². The Labute approximate surface area is 121 Å². The highest BCUT2D eigenvalue weighted by atomic mass is 32.2. The molecule has 0 aromatic carbocycles. The van der Waals surface area contributed by atoms with Gasteiger partial charge in [-0.05, 0) is 24.8 Å². The number of hydrogen-bond donors (Lipinski definition) is 1. The van der Waals surface area contributed by atoms with E-state index in [1.807, 2.05) is 6.92 Å². The predicted octanol–water partition coefficient (Wildman–Crippen LogP) is 1.14. The first-order valence-electron chi connectivity index (χ1n) is 6.36. The van der Waals surface area contributed by atoms with Crippen LogP contribution in [0.1, 0.15) is 19.8 Å². The van der Waals surface area contributed by atoms with E-state index in [4.69, 9.17) is 4.74 Å². The smallest absolute Gasteiger partial charge is 0.322 e. The summed E-state index contributed by atoms with van der Waals surface area (Å²) in [6.45, 7) is 1.88. The number of sulfonamides is 1. The molecule has 0 aliphatic carbocycles. The number of carboxylic acids is 1. The molecule has 0 radical (unpaired) electrons. The van der Waals surface area contributed by atoms with Crippen molar-refractivity contribution in [2.75, 3.05) is 0 Å². The molecule has 1 aromatic rings. The van der Waals surface area contributed by atoms with Gasteiger partial charge in [-0.2, -0.15) is 4.31 Å². The van der Waals surface area contributed by atoms with Crippen LogP contribution in [-0.2, 0) is 19.6 Å². The Hall–Kier alpha value is -0.960. The van der Waals surface area contributed by atoms with Gasteiger partial charge in [0.1, 0.15) is 10.3 Å². The van der Waals surface area contributed by atoms with Gasteiger partial charge >= 0.3 is 5.97 Å². The van der Waals surface area contributed by atoms with E-state index >= 15 is 0 Å². The summed E-state index contributed by atoms with van der Waals surface area (Å²) in [4.78, 5) is 11.4. The molecular weight excluding hydrogens is 302 g/mol. The fourth-order valence-electron chi connectivity index (χ4n) is 3.04. The van der Waals surface area contributed by atoms with Crippen molar-refractivity contribution in [3.8, 4) is 0 Å². The van der Waals surface area contributed by atoms with E-state index in [1.165, 1.54) is 6.07 Å². The van der Waals surface area contributed by atoms with Gasteiger partial charge in [0, 0.05) is 6.42 Å². The molecule has 3 heterocycles. The first-order chi connectivity index (χ1) is 9.41. The minimum atomic E-state index is -3.78. The monoisotopic (exact) mass is 317 g/mol. The zero-order valence-electron chi connectivity index (χ0n) is 10.8. The maximum Gasteiger partial charge on any atom is 0.322 e. The van der Waals surface area contributed by atoms with Crippen molar-refractivity contribution in [3.63, 3.8) is 0 Å². The van der Waals surface area contributed by atoms with Crippen molar-refractivity contribution in [3.05, 3.63) is 17.5 Å². The molecule has 8 heteroatoms. The van der Waals surface area contributed by atoms with Crippen molar-refractivity contribution in [1.29, 1.82) is 0 Å². The van der Waals surface area contributed by atoms with E-state index in [0.29, 0.717) is 6.42 Å².